The number of fused-ring (bicyclic) bond motifs is 1. The highest BCUT2D eigenvalue weighted by molar-refractivity contribution is 7.16. The normalized spacial score (nSPS) is 17.8. The van der Waals surface area contributed by atoms with Crippen LogP contribution in [0.25, 0.3) is 4.96 Å². The second kappa shape index (κ2) is 4.34. The van der Waals surface area contributed by atoms with Crippen molar-refractivity contribution in [3.8, 4) is 0 Å². The smallest absolute Gasteiger partial charge is 0.234 e. The number of hydrogen-bond donors (Lipinski definition) is 1. The molecular formula is C11H17N5S. The molecule has 0 amide bonds. The van der Waals surface area contributed by atoms with Crippen LogP contribution in [0.15, 0.2) is 0 Å². The van der Waals surface area contributed by atoms with Gasteiger partial charge in [-0.2, -0.15) is 9.61 Å². The molecule has 0 spiro atoms. The van der Waals surface area contributed by atoms with E-state index in [1.54, 1.807) is 11.3 Å². The molecule has 1 N–H and O–H groups in total. The van der Waals surface area contributed by atoms with Crippen LogP contribution in [0, 0.1) is 0 Å². The number of rotatable bonds is 5. The molecule has 0 bridgehead atoms. The summed E-state index contributed by atoms with van der Waals surface area (Å²) in [6.07, 6.45) is 3.61. The zero-order valence-electron chi connectivity index (χ0n) is 10.2. The number of hydrogen-bond acceptors (Lipinski definition) is 5. The minimum Gasteiger partial charge on any atom is -0.308 e. The van der Waals surface area contributed by atoms with E-state index in [-0.39, 0.29) is 0 Å². The minimum atomic E-state index is 0.300. The molecule has 0 aliphatic heterocycles. The Hall–Kier alpha value is -1.01. The first kappa shape index (κ1) is 11.1. The van der Waals surface area contributed by atoms with E-state index in [4.69, 9.17) is 0 Å². The zero-order valence-corrected chi connectivity index (χ0v) is 11.0. The van der Waals surface area contributed by atoms with Gasteiger partial charge in [0.15, 0.2) is 5.82 Å². The zero-order chi connectivity index (χ0) is 11.8. The maximum absolute atomic E-state index is 4.63. The monoisotopic (exact) mass is 251 g/mol. The summed E-state index contributed by atoms with van der Waals surface area (Å²) in [7, 11) is 0. The molecule has 3 rings (SSSR count). The van der Waals surface area contributed by atoms with E-state index in [2.05, 4.69) is 34.5 Å². The van der Waals surface area contributed by atoms with Crippen LogP contribution in [0.4, 0.5) is 0 Å². The Morgan fingerprint density at radius 3 is 3.00 bits per heavy atom. The maximum atomic E-state index is 4.63. The first-order chi connectivity index (χ1) is 8.29. The molecule has 1 aliphatic rings. The van der Waals surface area contributed by atoms with E-state index < -0.39 is 0 Å². The molecule has 1 unspecified atom stereocenters. The number of nitrogens with zero attached hydrogens (tertiary/aromatic N) is 4. The van der Waals surface area contributed by atoms with E-state index in [0.717, 1.165) is 28.8 Å². The number of aromatic nitrogens is 4. The Labute approximate surface area is 104 Å². The van der Waals surface area contributed by atoms with Crippen LogP contribution in [0.3, 0.4) is 0 Å². The van der Waals surface area contributed by atoms with Crippen LogP contribution in [-0.4, -0.2) is 26.4 Å². The van der Waals surface area contributed by atoms with Gasteiger partial charge in [0, 0.05) is 5.92 Å². The summed E-state index contributed by atoms with van der Waals surface area (Å²) in [5.74, 6) is 1.64. The molecule has 5 nitrogen and oxygen atoms in total. The fraction of sp³-hybridized carbons (Fsp3) is 0.727. The summed E-state index contributed by atoms with van der Waals surface area (Å²) < 4.78 is 1.93. The molecule has 2 aromatic rings. The summed E-state index contributed by atoms with van der Waals surface area (Å²) in [4.78, 5) is 0.923. The van der Waals surface area contributed by atoms with E-state index in [1.165, 1.54) is 12.8 Å². The van der Waals surface area contributed by atoms with Gasteiger partial charge in [-0.15, -0.1) is 10.2 Å². The summed E-state index contributed by atoms with van der Waals surface area (Å²) in [5, 5.41) is 17.6. The van der Waals surface area contributed by atoms with Gasteiger partial charge in [0.1, 0.15) is 5.01 Å². The average molecular weight is 251 g/mol. The summed E-state index contributed by atoms with van der Waals surface area (Å²) in [5.41, 5.74) is 0. The van der Waals surface area contributed by atoms with E-state index >= 15 is 0 Å². The molecule has 1 fully saturated rings. The van der Waals surface area contributed by atoms with Crippen molar-refractivity contribution in [1.82, 2.24) is 25.1 Å². The predicted octanol–water partition coefficient (Wildman–Crippen LogP) is 2.12. The van der Waals surface area contributed by atoms with Gasteiger partial charge in [-0.1, -0.05) is 18.3 Å². The van der Waals surface area contributed by atoms with Gasteiger partial charge >= 0.3 is 0 Å². The van der Waals surface area contributed by atoms with Crippen molar-refractivity contribution >= 4 is 16.3 Å². The molecule has 0 saturated heterocycles. The second-order valence-electron chi connectivity index (χ2n) is 4.64. The first-order valence-electron chi connectivity index (χ1n) is 6.25. The van der Waals surface area contributed by atoms with Gasteiger partial charge in [0.25, 0.3) is 0 Å². The van der Waals surface area contributed by atoms with Crippen LogP contribution < -0.4 is 5.32 Å². The van der Waals surface area contributed by atoms with Crippen molar-refractivity contribution in [2.45, 2.75) is 45.1 Å². The lowest BCUT2D eigenvalue weighted by atomic mass is 10.3. The fourth-order valence-electron chi connectivity index (χ4n) is 1.87. The summed E-state index contributed by atoms with van der Waals surface area (Å²) >= 11 is 1.64. The van der Waals surface area contributed by atoms with Crippen molar-refractivity contribution in [2.75, 3.05) is 6.54 Å². The van der Waals surface area contributed by atoms with Crippen molar-refractivity contribution in [3.63, 3.8) is 0 Å². The van der Waals surface area contributed by atoms with Crippen LogP contribution >= 0.6 is 11.3 Å². The molecule has 92 valence electrons. The van der Waals surface area contributed by atoms with E-state index in [1.807, 2.05) is 4.52 Å². The maximum Gasteiger partial charge on any atom is 0.234 e. The molecule has 2 aromatic heterocycles. The number of nitrogens with one attached hydrogen (secondary N) is 1. The highest BCUT2D eigenvalue weighted by Gasteiger charge is 2.30. The lowest BCUT2D eigenvalue weighted by Gasteiger charge is -2.08. The summed E-state index contributed by atoms with van der Waals surface area (Å²) in [6, 6.07) is 0.300. The third-order valence-electron chi connectivity index (χ3n) is 3.04. The predicted molar refractivity (Wildman–Crippen MR) is 67.3 cm³/mol. The third-order valence-corrected chi connectivity index (χ3v) is 4.13. The van der Waals surface area contributed by atoms with E-state index in [0.29, 0.717) is 12.0 Å². The van der Waals surface area contributed by atoms with Gasteiger partial charge in [-0.3, -0.25) is 0 Å². The molecule has 1 atom stereocenters. The third kappa shape index (κ3) is 2.07. The van der Waals surface area contributed by atoms with Crippen LogP contribution in [0.2, 0.25) is 0 Å². The summed E-state index contributed by atoms with van der Waals surface area (Å²) in [6.45, 7) is 5.35. The molecule has 17 heavy (non-hydrogen) atoms. The Kier molecular flexibility index (Phi) is 2.84. The highest BCUT2D eigenvalue weighted by Crippen LogP contribution is 2.39. The van der Waals surface area contributed by atoms with Crippen LogP contribution in [0.1, 0.15) is 55.9 Å². The van der Waals surface area contributed by atoms with Gasteiger partial charge in [-0.05, 0) is 32.7 Å². The highest BCUT2D eigenvalue weighted by atomic mass is 32.1. The molecule has 0 aromatic carbocycles. The fourth-order valence-corrected chi connectivity index (χ4v) is 2.74. The molecule has 1 saturated carbocycles. The van der Waals surface area contributed by atoms with Crippen molar-refractivity contribution in [2.24, 2.45) is 0 Å². The lowest BCUT2D eigenvalue weighted by Crippen LogP contribution is -2.19. The van der Waals surface area contributed by atoms with Crippen molar-refractivity contribution in [1.29, 1.82) is 0 Å². The molecule has 2 heterocycles. The van der Waals surface area contributed by atoms with Crippen LogP contribution in [0.5, 0.6) is 0 Å². The van der Waals surface area contributed by atoms with E-state index in [9.17, 15) is 0 Å². The van der Waals surface area contributed by atoms with Gasteiger partial charge in [0.05, 0.1) is 6.04 Å². The minimum absolute atomic E-state index is 0.300. The van der Waals surface area contributed by atoms with Gasteiger partial charge in [-0.25, -0.2) is 0 Å². The first-order valence-corrected chi connectivity index (χ1v) is 7.06. The lowest BCUT2D eigenvalue weighted by molar-refractivity contribution is 0.560. The molecule has 1 aliphatic carbocycles. The van der Waals surface area contributed by atoms with Crippen molar-refractivity contribution < 1.29 is 0 Å². The Morgan fingerprint density at radius 1 is 1.47 bits per heavy atom. The standard InChI is InChI=1S/C11H17N5S/c1-3-6-12-7(2)10-15-16-9(8-4-5-8)13-14-11(16)17-10/h7-8,12H,3-6H2,1-2H3. The SMILES string of the molecule is CCCNC(C)c1nn2c(C3CC3)nnc2s1. The van der Waals surface area contributed by atoms with Crippen molar-refractivity contribution in [3.05, 3.63) is 10.8 Å². The second-order valence-corrected chi connectivity index (χ2v) is 5.63. The molecule has 6 heteroatoms. The topological polar surface area (TPSA) is 55.1 Å². The Bertz CT molecular complexity index is 513. The molecule has 0 radical (unpaired) electrons. The van der Waals surface area contributed by atoms with Gasteiger partial charge in [0.2, 0.25) is 4.96 Å². The quantitative estimate of drug-likeness (QED) is 0.884. The van der Waals surface area contributed by atoms with Gasteiger partial charge < -0.3 is 5.32 Å². The molecular weight excluding hydrogens is 234 g/mol. The Balaban J connectivity index is 1.85. The average Bonchev–Trinajstić information content (AvgIpc) is 2.95. The van der Waals surface area contributed by atoms with Crippen LogP contribution in [-0.2, 0) is 0 Å². The largest absolute Gasteiger partial charge is 0.308 e. The Morgan fingerprint density at radius 2 is 2.29 bits per heavy atom.